The molecule has 0 saturated carbocycles. The fraction of sp³-hybridized carbons (Fsp3) is 0.182. The fourth-order valence-electron chi connectivity index (χ4n) is 1.50. The van der Waals surface area contributed by atoms with E-state index in [2.05, 4.69) is 10.3 Å². The third-order valence-corrected chi connectivity index (χ3v) is 2.34. The summed E-state index contributed by atoms with van der Waals surface area (Å²) in [4.78, 5) is 14.2. The number of nitrogens with zero attached hydrogens (tertiary/aromatic N) is 2. The van der Waals surface area contributed by atoms with Gasteiger partial charge in [0.15, 0.2) is 0 Å². The normalized spacial score (nSPS) is 10.2. The van der Waals surface area contributed by atoms with Gasteiger partial charge in [-0.1, -0.05) is 0 Å². The van der Waals surface area contributed by atoms with Crippen LogP contribution in [0.5, 0.6) is 0 Å². The Morgan fingerprint density at radius 1 is 1.44 bits per heavy atom. The van der Waals surface area contributed by atoms with Crippen molar-refractivity contribution in [1.82, 2.24) is 4.98 Å². The molecule has 2 aromatic rings. The van der Waals surface area contributed by atoms with Crippen LogP contribution in [0, 0.1) is 10.1 Å². The molecule has 3 N–H and O–H groups in total. The monoisotopic (exact) mass is 248 g/mol. The van der Waals surface area contributed by atoms with Gasteiger partial charge in [0.2, 0.25) is 5.82 Å². The highest BCUT2D eigenvalue weighted by atomic mass is 16.6. The summed E-state index contributed by atoms with van der Waals surface area (Å²) in [7, 11) is 0. The number of nitrogens with one attached hydrogen (secondary N) is 1. The van der Waals surface area contributed by atoms with Crippen LogP contribution in [0.1, 0.15) is 5.76 Å². The maximum absolute atomic E-state index is 10.8. The van der Waals surface area contributed by atoms with Crippen molar-refractivity contribution in [2.75, 3.05) is 17.6 Å². The number of anilines is 2. The highest BCUT2D eigenvalue weighted by molar-refractivity contribution is 5.59. The van der Waals surface area contributed by atoms with Gasteiger partial charge < -0.3 is 15.5 Å². The van der Waals surface area contributed by atoms with Crippen molar-refractivity contribution < 1.29 is 9.34 Å². The van der Waals surface area contributed by atoms with Crippen molar-refractivity contribution in [3.8, 4) is 0 Å². The number of hydrogen-bond donors (Lipinski definition) is 2. The van der Waals surface area contributed by atoms with Crippen molar-refractivity contribution >= 4 is 17.3 Å². The molecule has 94 valence electrons. The second kappa shape index (κ2) is 5.17. The Balaban J connectivity index is 2.03. The molecule has 0 bridgehead atoms. The summed E-state index contributed by atoms with van der Waals surface area (Å²) < 4.78 is 5.15. The van der Waals surface area contributed by atoms with Gasteiger partial charge in [-0.15, -0.1) is 0 Å². The molecule has 0 amide bonds. The van der Waals surface area contributed by atoms with Crippen LogP contribution >= 0.6 is 0 Å². The van der Waals surface area contributed by atoms with E-state index in [1.54, 1.807) is 12.3 Å². The van der Waals surface area contributed by atoms with Crippen LogP contribution < -0.4 is 11.1 Å². The molecule has 2 aromatic heterocycles. The molecule has 2 rings (SSSR count). The largest absolute Gasteiger partial charge is 0.469 e. The molecule has 0 spiro atoms. The molecule has 0 aliphatic rings. The predicted molar refractivity (Wildman–Crippen MR) is 66.2 cm³/mol. The minimum atomic E-state index is -0.498. The predicted octanol–water partition coefficient (Wildman–Crippen LogP) is 1.82. The molecule has 7 nitrogen and oxygen atoms in total. The number of aromatic nitrogens is 1. The van der Waals surface area contributed by atoms with Gasteiger partial charge in [0.1, 0.15) is 11.6 Å². The van der Waals surface area contributed by atoms with E-state index in [9.17, 15) is 10.1 Å². The number of nitrogen functional groups attached to an aromatic ring is 1. The summed E-state index contributed by atoms with van der Waals surface area (Å²) in [6.07, 6.45) is 2.19. The SMILES string of the molecule is Nc1ccc([N+](=O)[O-])c(NCCc2ccco2)n1. The summed E-state index contributed by atoms with van der Waals surface area (Å²) in [6, 6.07) is 6.35. The molecule has 0 aliphatic heterocycles. The first-order valence-corrected chi connectivity index (χ1v) is 5.34. The first-order chi connectivity index (χ1) is 8.66. The van der Waals surface area contributed by atoms with E-state index in [0.717, 1.165) is 5.76 Å². The number of pyridine rings is 1. The molecule has 0 saturated heterocycles. The van der Waals surface area contributed by atoms with Crippen molar-refractivity contribution in [3.05, 3.63) is 46.4 Å². The minimum Gasteiger partial charge on any atom is -0.469 e. The molecule has 2 heterocycles. The van der Waals surface area contributed by atoms with E-state index in [1.165, 1.54) is 12.1 Å². The molecule has 0 aliphatic carbocycles. The van der Waals surface area contributed by atoms with E-state index in [1.807, 2.05) is 6.07 Å². The van der Waals surface area contributed by atoms with Crippen LogP contribution in [0.2, 0.25) is 0 Å². The topological polar surface area (TPSA) is 107 Å². The third kappa shape index (κ3) is 2.76. The first-order valence-electron chi connectivity index (χ1n) is 5.34. The zero-order chi connectivity index (χ0) is 13.0. The molecular weight excluding hydrogens is 236 g/mol. The quantitative estimate of drug-likeness (QED) is 0.617. The van der Waals surface area contributed by atoms with E-state index < -0.39 is 4.92 Å². The Morgan fingerprint density at radius 3 is 2.94 bits per heavy atom. The number of hydrogen-bond acceptors (Lipinski definition) is 6. The smallest absolute Gasteiger partial charge is 0.311 e. The summed E-state index contributed by atoms with van der Waals surface area (Å²) in [5.74, 6) is 1.21. The van der Waals surface area contributed by atoms with Gasteiger partial charge in [0, 0.05) is 19.0 Å². The summed E-state index contributed by atoms with van der Waals surface area (Å²) in [5, 5.41) is 13.7. The van der Waals surface area contributed by atoms with Crippen LogP contribution in [-0.2, 0) is 6.42 Å². The number of nitro groups is 1. The highest BCUT2D eigenvalue weighted by Gasteiger charge is 2.14. The average molecular weight is 248 g/mol. The number of rotatable bonds is 5. The fourth-order valence-corrected chi connectivity index (χ4v) is 1.50. The Bertz CT molecular complexity index is 539. The first kappa shape index (κ1) is 11.9. The average Bonchev–Trinajstić information content (AvgIpc) is 2.82. The van der Waals surface area contributed by atoms with Crippen molar-refractivity contribution in [2.45, 2.75) is 6.42 Å². The zero-order valence-corrected chi connectivity index (χ0v) is 9.50. The van der Waals surface area contributed by atoms with E-state index in [0.29, 0.717) is 13.0 Å². The van der Waals surface area contributed by atoms with Gasteiger partial charge in [-0.05, 0) is 18.2 Å². The van der Waals surface area contributed by atoms with Crippen molar-refractivity contribution in [1.29, 1.82) is 0 Å². The summed E-state index contributed by atoms with van der Waals surface area (Å²) >= 11 is 0. The van der Waals surface area contributed by atoms with Gasteiger partial charge in [-0.3, -0.25) is 10.1 Å². The van der Waals surface area contributed by atoms with Gasteiger partial charge in [-0.25, -0.2) is 4.98 Å². The molecular formula is C11H12N4O3. The Morgan fingerprint density at radius 2 is 2.28 bits per heavy atom. The Labute approximate surface area is 103 Å². The van der Waals surface area contributed by atoms with Gasteiger partial charge in [0.05, 0.1) is 11.2 Å². The molecule has 0 unspecified atom stereocenters. The second-order valence-electron chi connectivity index (χ2n) is 3.62. The molecule has 18 heavy (non-hydrogen) atoms. The van der Waals surface area contributed by atoms with Crippen LogP contribution in [0.4, 0.5) is 17.3 Å². The Kier molecular flexibility index (Phi) is 3.42. The lowest BCUT2D eigenvalue weighted by atomic mass is 10.3. The van der Waals surface area contributed by atoms with Gasteiger partial charge in [-0.2, -0.15) is 0 Å². The second-order valence-corrected chi connectivity index (χ2v) is 3.62. The van der Waals surface area contributed by atoms with Crippen LogP contribution in [-0.4, -0.2) is 16.5 Å². The van der Waals surface area contributed by atoms with E-state index >= 15 is 0 Å². The Hall–Kier alpha value is -2.57. The third-order valence-electron chi connectivity index (χ3n) is 2.34. The lowest BCUT2D eigenvalue weighted by molar-refractivity contribution is -0.384. The standard InChI is InChI=1S/C11H12N4O3/c12-10-4-3-9(15(16)17)11(14-10)13-6-5-8-2-1-7-18-8/h1-4,7H,5-6H2,(H3,12,13,14). The molecule has 0 fully saturated rings. The lowest BCUT2D eigenvalue weighted by Gasteiger charge is -2.05. The summed E-state index contributed by atoms with van der Waals surface area (Å²) in [5.41, 5.74) is 5.41. The number of nitrogens with two attached hydrogens (primary N) is 1. The molecule has 0 atom stereocenters. The maximum atomic E-state index is 10.8. The van der Waals surface area contributed by atoms with Crippen LogP contribution in [0.25, 0.3) is 0 Å². The molecule has 0 radical (unpaired) electrons. The van der Waals surface area contributed by atoms with Crippen LogP contribution in [0.15, 0.2) is 34.9 Å². The maximum Gasteiger partial charge on any atom is 0.311 e. The molecule has 0 aromatic carbocycles. The highest BCUT2D eigenvalue weighted by Crippen LogP contribution is 2.22. The van der Waals surface area contributed by atoms with Crippen molar-refractivity contribution in [3.63, 3.8) is 0 Å². The van der Waals surface area contributed by atoms with Crippen LogP contribution in [0.3, 0.4) is 0 Å². The van der Waals surface area contributed by atoms with Gasteiger partial charge in [0.25, 0.3) is 0 Å². The minimum absolute atomic E-state index is 0.0938. The van der Waals surface area contributed by atoms with Crippen molar-refractivity contribution in [2.24, 2.45) is 0 Å². The number of furan rings is 1. The summed E-state index contributed by atoms with van der Waals surface area (Å²) in [6.45, 7) is 0.477. The molecule has 7 heteroatoms. The van der Waals surface area contributed by atoms with Gasteiger partial charge >= 0.3 is 5.69 Å². The van der Waals surface area contributed by atoms with E-state index in [4.69, 9.17) is 10.2 Å². The van der Waals surface area contributed by atoms with E-state index in [-0.39, 0.29) is 17.3 Å². The lowest BCUT2D eigenvalue weighted by Crippen LogP contribution is -2.09. The zero-order valence-electron chi connectivity index (χ0n) is 9.50.